The van der Waals surface area contributed by atoms with Crippen LogP contribution in [0, 0.1) is 11.3 Å². The van der Waals surface area contributed by atoms with Crippen molar-refractivity contribution in [3.05, 3.63) is 110 Å². The topological polar surface area (TPSA) is 85.3 Å². The number of nitrogens with zero attached hydrogens (tertiary/aromatic N) is 1. The Labute approximate surface area is 214 Å². The highest BCUT2D eigenvalue weighted by atomic mass is 35.5. The molecule has 0 saturated carbocycles. The number of hydrogen-bond acceptors (Lipinski definition) is 5. The van der Waals surface area contributed by atoms with Crippen molar-refractivity contribution in [1.29, 1.82) is 5.26 Å². The van der Waals surface area contributed by atoms with E-state index in [1.165, 1.54) is 11.6 Å². The van der Waals surface area contributed by atoms with Crippen molar-refractivity contribution in [2.45, 2.75) is 25.7 Å². The number of carbonyl (C=O) groups is 1. The number of ether oxygens (including phenoxy) is 2. The van der Waals surface area contributed by atoms with Crippen LogP contribution < -0.4 is 15.2 Å². The van der Waals surface area contributed by atoms with E-state index in [1.807, 2.05) is 12.1 Å². The summed E-state index contributed by atoms with van der Waals surface area (Å²) in [6.45, 7) is 4.25. The third kappa shape index (κ3) is 5.35. The van der Waals surface area contributed by atoms with Gasteiger partial charge in [0.15, 0.2) is 0 Å². The molecule has 5 nitrogen and oxygen atoms in total. The zero-order chi connectivity index (χ0) is 25.1. The second kappa shape index (κ2) is 10.3. The van der Waals surface area contributed by atoms with E-state index < -0.39 is 5.97 Å². The van der Waals surface area contributed by atoms with Crippen LogP contribution in [0.15, 0.2) is 78.2 Å². The third-order valence-corrected chi connectivity index (χ3v) is 6.27. The van der Waals surface area contributed by atoms with E-state index in [2.05, 4.69) is 32.0 Å². The Balaban J connectivity index is 1.59. The van der Waals surface area contributed by atoms with Crippen molar-refractivity contribution in [3.63, 3.8) is 0 Å². The van der Waals surface area contributed by atoms with E-state index in [-0.39, 0.29) is 17.6 Å². The molecule has 2 N–H and O–H groups in total. The molecule has 0 aliphatic carbocycles. The van der Waals surface area contributed by atoms with Crippen molar-refractivity contribution in [2.75, 3.05) is 0 Å². The van der Waals surface area contributed by atoms with E-state index in [1.54, 1.807) is 42.5 Å². The number of hydrogen-bond donors (Lipinski definition) is 1. The van der Waals surface area contributed by atoms with E-state index in [9.17, 15) is 10.1 Å². The lowest BCUT2D eigenvalue weighted by atomic mass is 9.83. The molecule has 0 bridgehead atoms. The minimum absolute atomic E-state index is 0.0266. The Kier molecular flexibility index (Phi) is 7.16. The highest BCUT2D eigenvalue weighted by molar-refractivity contribution is 6.35. The lowest BCUT2D eigenvalue weighted by molar-refractivity contribution is -0.128. The minimum atomic E-state index is -0.589. The van der Waals surface area contributed by atoms with Crippen LogP contribution >= 0.6 is 23.2 Å². The fraction of sp³-hybridized carbons (Fsp3) is 0.143. The van der Waals surface area contributed by atoms with Crippen molar-refractivity contribution in [3.8, 4) is 17.6 Å². The van der Waals surface area contributed by atoms with Crippen molar-refractivity contribution < 1.29 is 14.3 Å². The van der Waals surface area contributed by atoms with Crippen LogP contribution in [0.4, 0.5) is 0 Å². The Morgan fingerprint density at radius 3 is 2.51 bits per heavy atom. The molecule has 176 valence electrons. The maximum Gasteiger partial charge on any atom is 0.336 e. The summed E-state index contributed by atoms with van der Waals surface area (Å²) < 4.78 is 11.2. The summed E-state index contributed by atoms with van der Waals surface area (Å²) >= 11 is 12.0. The molecule has 3 aromatic carbocycles. The number of halogens is 2. The molecule has 1 aliphatic rings. The summed E-state index contributed by atoms with van der Waals surface area (Å²) in [6, 6.07) is 20.3. The predicted octanol–water partition coefficient (Wildman–Crippen LogP) is 6.95. The molecule has 1 aliphatic heterocycles. The lowest BCUT2D eigenvalue weighted by Crippen LogP contribution is -2.21. The Morgan fingerprint density at radius 1 is 1.11 bits per heavy atom. The Morgan fingerprint density at radius 2 is 1.86 bits per heavy atom. The Hall–Kier alpha value is -3.72. The van der Waals surface area contributed by atoms with Gasteiger partial charge in [0, 0.05) is 27.8 Å². The molecule has 1 unspecified atom stereocenters. The van der Waals surface area contributed by atoms with Crippen LogP contribution in [0.25, 0.3) is 6.08 Å². The second-order valence-electron chi connectivity index (χ2n) is 8.37. The summed E-state index contributed by atoms with van der Waals surface area (Å²) in [6.07, 6.45) is 2.82. The third-order valence-electron chi connectivity index (χ3n) is 5.71. The fourth-order valence-corrected chi connectivity index (χ4v) is 4.33. The molecule has 35 heavy (non-hydrogen) atoms. The monoisotopic (exact) mass is 504 g/mol. The maximum absolute atomic E-state index is 12.4. The number of rotatable bonds is 5. The van der Waals surface area contributed by atoms with E-state index in [0.29, 0.717) is 32.8 Å². The Bertz CT molecular complexity index is 1390. The summed E-state index contributed by atoms with van der Waals surface area (Å²) in [7, 11) is 0. The minimum Gasteiger partial charge on any atom is -0.440 e. The van der Waals surface area contributed by atoms with Crippen LogP contribution in [-0.4, -0.2) is 5.97 Å². The van der Waals surface area contributed by atoms with Crippen molar-refractivity contribution in [1.82, 2.24) is 0 Å². The zero-order valence-electron chi connectivity index (χ0n) is 19.1. The number of allylic oxidation sites excluding steroid dienone is 1. The van der Waals surface area contributed by atoms with Crippen LogP contribution in [0.3, 0.4) is 0 Å². The molecule has 7 heteroatoms. The highest BCUT2D eigenvalue weighted by Gasteiger charge is 2.31. The van der Waals surface area contributed by atoms with Gasteiger partial charge in [0.1, 0.15) is 23.1 Å². The highest BCUT2D eigenvalue weighted by Crippen LogP contribution is 2.43. The number of fused-ring (bicyclic) bond motifs is 1. The molecule has 0 saturated heterocycles. The normalized spacial score (nSPS) is 15.0. The van der Waals surface area contributed by atoms with Gasteiger partial charge in [-0.3, -0.25) is 0 Å². The quantitative estimate of drug-likeness (QED) is 0.230. The summed E-state index contributed by atoms with van der Waals surface area (Å²) in [4.78, 5) is 12.4. The average Bonchev–Trinajstić information content (AvgIpc) is 2.82. The zero-order valence-corrected chi connectivity index (χ0v) is 20.6. The van der Waals surface area contributed by atoms with Gasteiger partial charge in [-0.15, -0.1) is 0 Å². The second-order valence-corrected chi connectivity index (χ2v) is 9.21. The van der Waals surface area contributed by atoms with Gasteiger partial charge < -0.3 is 15.2 Å². The predicted molar refractivity (Wildman–Crippen MR) is 137 cm³/mol. The van der Waals surface area contributed by atoms with Gasteiger partial charge in [0.05, 0.1) is 5.92 Å². The standard InChI is InChI=1S/C28H22Cl2N2O3/c1-16(2)17-3-5-19(6-4-17)27-22-11-10-21(14-25(22)35-28(32)23(27)15-31)34-26(33)12-8-18-7-9-20(29)13-24(18)30/h3-14,16,27H,32H2,1-2H3/b12-8+. The van der Waals surface area contributed by atoms with Crippen LogP contribution in [0.5, 0.6) is 11.5 Å². The number of benzene rings is 3. The van der Waals surface area contributed by atoms with E-state index >= 15 is 0 Å². The van der Waals surface area contributed by atoms with Crippen LogP contribution in [-0.2, 0) is 4.79 Å². The molecule has 1 atom stereocenters. The average molecular weight is 505 g/mol. The first-order valence-electron chi connectivity index (χ1n) is 10.9. The van der Waals surface area contributed by atoms with E-state index in [0.717, 1.165) is 11.1 Å². The molecule has 0 fully saturated rings. The first kappa shape index (κ1) is 24.4. The van der Waals surface area contributed by atoms with E-state index in [4.69, 9.17) is 38.4 Å². The number of nitrogens with two attached hydrogens (primary N) is 1. The van der Waals surface area contributed by atoms with Gasteiger partial charge in [0.2, 0.25) is 5.88 Å². The number of esters is 1. The molecule has 0 amide bonds. The SMILES string of the molecule is CC(C)c1ccc(C2C(C#N)=C(N)Oc3cc(OC(=O)/C=C/c4ccc(Cl)cc4Cl)ccc32)cc1. The van der Waals surface area contributed by atoms with Crippen LogP contribution in [0.2, 0.25) is 10.0 Å². The summed E-state index contributed by atoms with van der Waals surface area (Å²) in [5.41, 5.74) is 9.95. The fourth-order valence-electron chi connectivity index (χ4n) is 3.86. The number of carbonyl (C=O) groups excluding carboxylic acids is 1. The van der Waals surface area contributed by atoms with Crippen LogP contribution in [0.1, 0.15) is 47.9 Å². The molecule has 0 radical (unpaired) electrons. The van der Waals surface area contributed by atoms with Gasteiger partial charge in [-0.1, -0.05) is 73.4 Å². The lowest BCUT2D eigenvalue weighted by Gasteiger charge is -2.27. The molecule has 3 aromatic rings. The maximum atomic E-state index is 12.4. The summed E-state index contributed by atoms with van der Waals surface area (Å²) in [5, 5.41) is 10.7. The molecular weight excluding hydrogens is 483 g/mol. The molecule has 4 rings (SSSR count). The van der Waals surface area contributed by atoms with Gasteiger partial charge in [0.25, 0.3) is 0 Å². The van der Waals surface area contributed by atoms with Gasteiger partial charge >= 0.3 is 5.97 Å². The molecule has 1 heterocycles. The summed E-state index contributed by atoms with van der Waals surface area (Å²) in [5.74, 6) is 0.149. The molecule has 0 spiro atoms. The largest absolute Gasteiger partial charge is 0.440 e. The smallest absolute Gasteiger partial charge is 0.336 e. The van der Waals surface area contributed by atoms with Gasteiger partial charge in [-0.2, -0.15) is 5.26 Å². The first-order chi connectivity index (χ1) is 16.8. The van der Waals surface area contributed by atoms with Gasteiger partial charge in [-0.25, -0.2) is 4.79 Å². The molecular formula is C28H22Cl2N2O3. The molecule has 0 aromatic heterocycles. The number of nitriles is 1. The van der Waals surface area contributed by atoms with Crippen molar-refractivity contribution >= 4 is 35.2 Å². The van der Waals surface area contributed by atoms with Crippen molar-refractivity contribution in [2.24, 2.45) is 5.73 Å². The first-order valence-corrected chi connectivity index (χ1v) is 11.7. The van der Waals surface area contributed by atoms with Gasteiger partial charge in [-0.05, 0) is 46.9 Å².